The zero-order valence-electron chi connectivity index (χ0n) is 12.3. The van der Waals surface area contributed by atoms with Crippen molar-refractivity contribution in [2.24, 2.45) is 0 Å². The van der Waals surface area contributed by atoms with E-state index in [1.165, 1.54) is 12.8 Å². The number of hydrogen-bond donors (Lipinski definition) is 1. The number of nitrogens with one attached hydrogen (secondary N) is 1. The molecule has 0 unspecified atom stereocenters. The largest absolute Gasteiger partial charge is 0.361 e. The Balaban J connectivity index is 1.47. The molecule has 0 bridgehead atoms. The Morgan fingerprint density at radius 3 is 2.55 bits per heavy atom. The van der Waals surface area contributed by atoms with E-state index >= 15 is 0 Å². The molecule has 1 saturated heterocycles. The average Bonchev–Trinajstić information content (AvgIpc) is 3.23. The Labute approximate surface area is 119 Å². The van der Waals surface area contributed by atoms with E-state index in [9.17, 15) is 4.79 Å². The van der Waals surface area contributed by atoms with Crippen LogP contribution in [0.15, 0.2) is 4.52 Å². The van der Waals surface area contributed by atoms with Gasteiger partial charge in [0, 0.05) is 30.7 Å². The van der Waals surface area contributed by atoms with E-state index in [1.807, 2.05) is 13.8 Å². The molecule has 2 heterocycles. The van der Waals surface area contributed by atoms with Crippen molar-refractivity contribution in [2.75, 3.05) is 13.1 Å². The maximum atomic E-state index is 12.1. The molecular weight excluding hydrogens is 254 g/mol. The minimum atomic E-state index is 0.0873. The van der Waals surface area contributed by atoms with Gasteiger partial charge >= 0.3 is 0 Å². The summed E-state index contributed by atoms with van der Waals surface area (Å²) in [4.78, 5) is 14.7. The number of nitrogens with zero attached hydrogens (tertiary/aromatic N) is 2. The van der Waals surface area contributed by atoms with Gasteiger partial charge in [0.15, 0.2) is 0 Å². The molecule has 1 saturated carbocycles. The second-order valence-corrected chi connectivity index (χ2v) is 6.09. The van der Waals surface area contributed by atoms with Gasteiger partial charge in [0.05, 0.1) is 12.1 Å². The van der Waals surface area contributed by atoms with Crippen LogP contribution in [0.1, 0.15) is 42.7 Å². The van der Waals surface area contributed by atoms with Crippen molar-refractivity contribution in [1.82, 2.24) is 15.4 Å². The van der Waals surface area contributed by atoms with Crippen molar-refractivity contribution in [3.8, 4) is 0 Å². The minimum Gasteiger partial charge on any atom is -0.361 e. The first-order valence-corrected chi connectivity index (χ1v) is 7.58. The normalized spacial score (nSPS) is 21.1. The quantitative estimate of drug-likeness (QED) is 0.907. The van der Waals surface area contributed by atoms with Gasteiger partial charge in [-0.15, -0.1) is 0 Å². The van der Waals surface area contributed by atoms with Gasteiger partial charge < -0.3 is 14.7 Å². The fraction of sp³-hybridized carbons (Fsp3) is 0.733. The second kappa shape index (κ2) is 5.56. The van der Waals surface area contributed by atoms with Crippen molar-refractivity contribution >= 4 is 5.91 Å². The van der Waals surface area contributed by atoms with Crippen LogP contribution in [0.25, 0.3) is 0 Å². The van der Waals surface area contributed by atoms with E-state index in [1.54, 1.807) is 0 Å². The van der Waals surface area contributed by atoms with Crippen LogP contribution >= 0.6 is 0 Å². The fourth-order valence-corrected chi connectivity index (χ4v) is 3.04. The highest BCUT2D eigenvalue weighted by Crippen LogP contribution is 2.29. The van der Waals surface area contributed by atoms with Gasteiger partial charge in [0.25, 0.3) is 0 Å². The predicted octanol–water partition coefficient (Wildman–Crippen LogP) is 1.58. The molecule has 5 nitrogen and oxygen atoms in total. The number of rotatable bonds is 4. The molecule has 1 aliphatic carbocycles. The summed E-state index contributed by atoms with van der Waals surface area (Å²) in [5, 5.41) is 7.05. The molecule has 1 aromatic heterocycles. The standard InChI is InChI=1S/C15H23N3O2/c1-10-14(11(2)20-17-10)9-15(19)16-12-5-7-18(8-6-12)13-3-4-13/h12-13H,3-9H2,1-2H3,(H,16,19). The number of likely N-dealkylation sites (tertiary alicyclic amines) is 1. The molecule has 0 spiro atoms. The molecule has 3 rings (SSSR count). The third kappa shape index (κ3) is 3.03. The first-order valence-electron chi connectivity index (χ1n) is 7.58. The number of hydrogen-bond acceptors (Lipinski definition) is 4. The summed E-state index contributed by atoms with van der Waals surface area (Å²) in [6.07, 6.45) is 5.25. The average molecular weight is 277 g/mol. The molecule has 0 radical (unpaired) electrons. The van der Waals surface area contributed by atoms with E-state index in [0.29, 0.717) is 12.5 Å². The molecule has 110 valence electrons. The lowest BCUT2D eigenvalue weighted by Crippen LogP contribution is -2.45. The second-order valence-electron chi connectivity index (χ2n) is 6.09. The molecule has 1 aliphatic heterocycles. The molecule has 0 atom stereocenters. The fourth-order valence-electron chi connectivity index (χ4n) is 3.04. The van der Waals surface area contributed by atoms with Gasteiger partial charge in [-0.3, -0.25) is 4.79 Å². The van der Waals surface area contributed by atoms with Gasteiger partial charge in [-0.25, -0.2) is 0 Å². The van der Waals surface area contributed by atoms with Crippen molar-refractivity contribution in [3.05, 3.63) is 17.0 Å². The zero-order valence-corrected chi connectivity index (χ0v) is 12.3. The molecule has 5 heteroatoms. The summed E-state index contributed by atoms with van der Waals surface area (Å²) < 4.78 is 5.10. The number of aryl methyl sites for hydroxylation is 2. The molecular formula is C15H23N3O2. The minimum absolute atomic E-state index is 0.0873. The summed E-state index contributed by atoms with van der Waals surface area (Å²) >= 11 is 0. The van der Waals surface area contributed by atoms with Crippen LogP contribution in [-0.2, 0) is 11.2 Å². The van der Waals surface area contributed by atoms with Crippen LogP contribution in [-0.4, -0.2) is 41.1 Å². The Morgan fingerprint density at radius 2 is 2.00 bits per heavy atom. The van der Waals surface area contributed by atoms with Crippen LogP contribution in [0.5, 0.6) is 0 Å². The lowest BCUT2D eigenvalue weighted by atomic mass is 10.0. The predicted molar refractivity (Wildman–Crippen MR) is 75.4 cm³/mol. The summed E-state index contributed by atoms with van der Waals surface area (Å²) in [5.41, 5.74) is 1.75. The molecule has 20 heavy (non-hydrogen) atoms. The third-order valence-corrected chi connectivity index (χ3v) is 4.48. The maximum absolute atomic E-state index is 12.1. The van der Waals surface area contributed by atoms with Crippen LogP contribution in [0.3, 0.4) is 0 Å². The third-order valence-electron chi connectivity index (χ3n) is 4.48. The van der Waals surface area contributed by atoms with Crippen molar-refractivity contribution in [3.63, 3.8) is 0 Å². The smallest absolute Gasteiger partial charge is 0.224 e. The highest BCUT2D eigenvalue weighted by molar-refractivity contribution is 5.79. The van der Waals surface area contributed by atoms with Gasteiger partial charge in [0.1, 0.15) is 5.76 Å². The lowest BCUT2D eigenvalue weighted by molar-refractivity contribution is -0.121. The van der Waals surface area contributed by atoms with Crippen molar-refractivity contribution in [2.45, 2.75) is 58.0 Å². The molecule has 1 N–H and O–H groups in total. The number of aromatic nitrogens is 1. The number of carbonyl (C=O) groups excluding carboxylic acids is 1. The van der Waals surface area contributed by atoms with Crippen LogP contribution in [0.2, 0.25) is 0 Å². The van der Waals surface area contributed by atoms with Gasteiger partial charge in [-0.05, 0) is 39.5 Å². The lowest BCUT2D eigenvalue weighted by Gasteiger charge is -2.32. The van der Waals surface area contributed by atoms with E-state index in [4.69, 9.17) is 4.52 Å². The Kier molecular flexibility index (Phi) is 3.78. The number of piperidine rings is 1. The van der Waals surface area contributed by atoms with E-state index < -0.39 is 0 Å². The summed E-state index contributed by atoms with van der Waals surface area (Å²) in [6, 6.07) is 1.17. The van der Waals surface area contributed by atoms with Crippen molar-refractivity contribution in [1.29, 1.82) is 0 Å². The zero-order chi connectivity index (χ0) is 14.1. The summed E-state index contributed by atoms with van der Waals surface area (Å²) in [7, 11) is 0. The molecule has 1 amide bonds. The molecule has 0 aromatic carbocycles. The van der Waals surface area contributed by atoms with E-state index in [2.05, 4.69) is 15.4 Å². The first-order chi connectivity index (χ1) is 9.63. The Morgan fingerprint density at radius 1 is 1.30 bits per heavy atom. The molecule has 2 fully saturated rings. The molecule has 2 aliphatic rings. The Hall–Kier alpha value is -1.36. The SMILES string of the molecule is Cc1noc(C)c1CC(=O)NC1CCN(C2CC2)CC1. The highest BCUT2D eigenvalue weighted by Gasteiger charge is 2.32. The topological polar surface area (TPSA) is 58.4 Å². The van der Waals surface area contributed by atoms with Gasteiger partial charge in [-0.1, -0.05) is 5.16 Å². The van der Waals surface area contributed by atoms with Crippen LogP contribution < -0.4 is 5.32 Å². The summed E-state index contributed by atoms with van der Waals surface area (Å²) in [5.74, 6) is 0.838. The molecule has 1 aromatic rings. The first kappa shape index (κ1) is 13.6. The van der Waals surface area contributed by atoms with Crippen LogP contribution in [0, 0.1) is 13.8 Å². The number of amides is 1. The Bertz CT molecular complexity index is 466. The van der Waals surface area contributed by atoms with E-state index in [0.717, 1.165) is 49.0 Å². The summed E-state index contributed by atoms with van der Waals surface area (Å²) in [6.45, 7) is 5.99. The number of carbonyl (C=O) groups is 1. The van der Waals surface area contributed by atoms with Crippen molar-refractivity contribution < 1.29 is 9.32 Å². The highest BCUT2D eigenvalue weighted by atomic mass is 16.5. The monoisotopic (exact) mass is 277 g/mol. The van der Waals surface area contributed by atoms with Gasteiger partial charge in [0.2, 0.25) is 5.91 Å². The van der Waals surface area contributed by atoms with E-state index in [-0.39, 0.29) is 5.91 Å². The maximum Gasteiger partial charge on any atom is 0.224 e. The van der Waals surface area contributed by atoms with Crippen LogP contribution in [0.4, 0.5) is 0 Å². The van der Waals surface area contributed by atoms with Gasteiger partial charge in [-0.2, -0.15) is 0 Å².